The number of hydrogen-bond acceptors (Lipinski definition) is 7. The fourth-order valence-electron chi connectivity index (χ4n) is 2.90. The smallest absolute Gasteiger partial charge is 0.465 e. The van der Waals surface area contributed by atoms with Crippen LogP contribution in [0.4, 0.5) is 0 Å². The van der Waals surface area contributed by atoms with Gasteiger partial charge in [0.05, 0.1) is 17.8 Å². The Kier molecular flexibility index (Phi) is 6.31. The molecule has 10 heteroatoms. The predicted molar refractivity (Wildman–Crippen MR) is 109 cm³/mol. The predicted octanol–water partition coefficient (Wildman–Crippen LogP) is 1.97. The maximum atomic E-state index is 11.5. The first-order chi connectivity index (χ1) is 13.6. The molecule has 0 amide bonds. The highest BCUT2D eigenvalue weighted by Gasteiger charge is 2.51. The van der Waals surface area contributed by atoms with Gasteiger partial charge < -0.3 is 14.0 Å². The molecule has 2 heterocycles. The Hall–Kier alpha value is -1.97. The first-order valence-electron chi connectivity index (χ1n) is 9.67. The minimum absolute atomic E-state index is 0.0512. The van der Waals surface area contributed by atoms with E-state index in [9.17, 15) is 4.79 Å². The molecule has 1 aromatic heterocycles. The zero-order chi connectivity index (χ0) is 21.2. The Morgan fingerprint density at radius 3 is 2.52 bits per heavy atom. The van der Waals surface area contributed by atoms with Gasteiger partial charge in [0.2, 0.25) is 0 Å². The molecule has 1 saturated heterocycles. The third-order valence-electron chi connectivity index (χ3n) is 5.29. The van der Waals surface area contributed by atoms with Gasteiger partial charge in [0.15, 0.2) is 12.4 Å². The van der Waals surface area contributed by atoms with Crippen molar-refractivity contribution in [2.75, 3.05) is 6.61 Å². The second kappa shape index (κ2) is 8.42. The number of carbonyl (C=O) groups excluding carboxylic acids is 1. The van der Waals surface area contributed by atoms with Crippen molar-refractivity contribution in [2.45, 2.75) is 65.2 Å². The molecule has 1 aromatic carbocycles. The number of aromatic nitrogens is 4. The van der Waals surface area contributed by atoms with E-state index in [2.05, 4.69) is 15.4 Å². The van der Waals surface area contributed by atoms with Crippen LogP contribution in [0, 0.1) is 0 Å². The zero-order valence-corrected chi connectivity index (χ0v) is 18.2. The van der Waals surface area contributed by atoms with Gasteiger partial charge in [-0.05, 0) is 63.3 Å². The number of esters is 1. The topological polar surface area (TPSA) is 88.4 Å². The van der Waals surface area contributed by atoms with Gasteiger partial charge in [-0.2, -0.15) is 4.80 Å². The molecule has 0 aliphatic carbocycles. The van der Waals surface area contributed by atoms with Gasteiger partial charge >= 0.3 is 13.1 Å². The molecule has 1 aliphatic rings. The Morgan fingerprint density at radius 1 is 1.21 bits per heavy atom. The van der Waals surface area contributed by atoms with Crippen molar-refractivity contribution in [2.24, 2.45) is 0 Å². The zero-order valence-electron chi connectivity index (χ0n) is 17.4. The molecule has 8 nitrogen and oxygen atoms in total. The molecule has 2 aromatic rings. The molecule has 0 radical (unpaired) electrons. The number of hydrogen-bond donors (Lipinski definition) is 0. The summed E-state index contributed by atoms with van der Waals surface area (Å²) in [6.45, 7) is 10.1. The third-order valence-corrected chi connectivity index (χ3v) is 5.64. The quantitative estimate of drug-likeness (QED) is 0.500. The minimum atomic E-state index is -0.448. The molecular formula is C19H26BClN4O4. The maximum absolute atomic E-state index is 11.5. The van der Waals surface area contributed by atoms with Gasteiger partial charge in [0, 0.05) is 11.4 Å². The molecule has 0 N–H and O–H groups in total. The molecule has 1 aliphatic heterocycles. The largest absolute Gasteiger partial charge is 0.494 e. The lowest BCUT2D eigenvalue weighted by Crippen LogP contribution is -2.41. The van der Waals surface area contributed by atoms with Crippen molar-refractivity contribution in [3.63, 3.8) is 0 Å². The molecule has 156 valence electrons. The highest BCUT2D eigenvalue weighted by molar-refractivity contribution is 6.62. The second-order valence-electron chi connectivity index (χ2n) is 7.98. The van der Waals surface area contributed by atoms with E-state index in [0.29, 0.717) is 30.3 Å². The summed E-state index contributed by atoms with van der Waals surface area (Å²) in [5, 5.41) is 12.7. The SMILES string of the molecule is CCOC(=O)Cn1nnc(CCc2ccc(B3OC(C)(C)C(C)(C)O3)cc2Cl)n1. The Bertz CT molecular complexity index is 871. The minimum Gasteiger partial charge on any atom is -0.465 e. The van der Waals surface area contributed by atoms with Crippen LogP contribution in [0.3, 0.4) is 0 Å². The van der Waals surface area contributed by atoms with E-state index in [4.69, 9.17) is 25.6 Å². The summed E-state index contributed by atoms with van der Waals surface area (Å²) in [7, 11) is -0.448. The third kappa shape index (κ3) is 4.97. The summed E-state index contributed by atoms with van der Waals surface area (Å²) in [4.78, 5) is 12.7. The van der Waals surface area contributed by atoms with E-state index in [-0.39, 0.29) is 6.54 Å². The summed E-state index contributed by atoms with van der Waals surface area (Å²) in [5.41, 5.74) is 1.05. The molecule has 1 fully saturated rings. The number of nitrogens with zero attached hydrogens (tertiary/aromatic N) is 4. The lowest BCUT2D eigenvalue weighted by molar-refractivity contribution is -0.144. The van der Waals surface area contributed by atoms with E-state index >= 15 is 0 Å². The maximum Gasteiger partial charge on any atom is 0.494 e. The number of ether oxygens (including phenoxy) is 1. The molecule has 0 bridgehead atoms. The number of benzene rings is 1. The van der Waals surface area contributed by atoms with Crippen LogP contribution in [-0.4, -0.2) is 51.1 Å². The van der Waals surface area contributed by atoms with E-state index in [1.807, 2.05) is 45.9 Å². The van der Waals surface area contributed by atoms with Crippen molar-refractivity contribution >= 4 is 30.2 Å². The van der Waals surface area contributed by atoms with Gasteiger partial charge in [-0.3, -0.25) is 0 Å². The molecule has 0 atom stereocenters. The van der Waals surface area contributed by atoms with Gasteiger partial charge in [0.25, 0.3) is 0 Å². The van der Waals surface area contributed by atoms with Gasteiger partial charge in [-0.1, -0.05) is 23.7 Å². The number of rotatable bonds is 7. The van der Waals surface area contributed by atoms with E-state index < -0.39 is 24.3 Å². The Labute approximate surface area is 176 Å². The molecule has 0 spiro atoms. The highest BCUT2D eigenvalue weighted by atomic mass is 35.5. The lowest BCUT2D eigenvalue weighted by Gasteiger charge is -2.32. The molecule has 3 rings (SSSR count). The highest BCUT2D eigenvalue weighted by Crippen LogP contribution is 2.36. The summed E-state index contributed by atoms with van der Waals surface area (Å²) < 4.78 is 17.0. The van der Waals surface area contributed by atoms with Crippen molar-refractivity contribution in [3.05, 3.63) is 34.6 Å². The summed E-state index contributed by atoms with van der Waals surface area (Å²) >= 11 is 6.49. The fraction of sp³-hybridized carbons (Fsp3) is 0.579. The van der Waals surface area contributed by atoms with Crippen molar-refractivity contribution < 1.29 is 18.8 Å². The van der Waals surface area contributed by atoms with Gasteiger partial charge in [-0.15, -0.1) is 10.2 Å². The summed E-state index contributed by atoms with van der Waals surface area (Å²) in [6, 6.07) is 5.81. The van der Waals surface area contributed by atoms with Crippen LogP contribution < -0.4 is 5.46 Å². The number of aryl methyl sites for hydroxylation is 2. The monoisotopic (exact) mass is 420 g/mol. The number of tetrazole rings is 1. The van der Waals surface area contributed by atoms with Crippen LogP contribution in [0.25, 0.3) is 0 Å². The number of halogens is 1. The standard InChI is InChI=1S/C19H26BClN4O4/c1-6-27-17(26)12-25-23-16(22-24-25)10-8-13-7-9-14(11-15(13)21)20-28-18(2,3)19(4,5)29-20/h7,9,11H,6,8,10,12H2,1-5H3. The van der Waals surface area contributed by atoms with Crippen LogP contribution in [0.5, 0.6) is 0 Å². The number of carbonyl (C=O) groups is 1. The second-order valence-corrected chi connectivity index (χ2v) is 8.39. The van der Waals surface area contributed by atoms with Crippen LogP contribution in [0.2, 0.25) is 5.02 Å². The van der Waals surface area contributed by atoms with E-state index in [1.54, 1.807) is 6.92 Å². The molecule has 0 saturated carbocycles. The fourth-order valence-corrected chi connectivity index (χ4v) is 3.19. The Balaban J connectivity index is 1.61. The van der Waals surface area contributed by atoms with Crippen LogP contribution in [-0.2, 0) is 38.2 Å². The van der Waals surface area contributed by atoms with Crippen molar-refractivity contribution in [1.29, 1.82) is 0 Å². The summed E-state index contributed by atoms with van der Waals surface area (Å²) in [5.74, 6) is 0.151. The van der Waals surface area contributed by atoms with E-state index in [1.165, 1.54) is 4.80 Å². The first-order valence-corrected chi connectivity index (χ1v) is 10.1. The van der Waals surface area contributed by atoms with Crippen LogP contribution in [0.15, 0.2) is 18.2 Å². The Morgan fingerprint density at radius 2 is 1.90 bits per heavy atom. The van der Waals surface area contributed by atoms with Gasteiger partial charge in [-0.25, -0.2) is 4.79 Å². The lowest BCUT2D eigenvalue weighted by atomic mass is 9.78. The average molecular weight is 421 g/mol. The average Bonchev–Trinajstić information content (AvgIpc) is 3.15. The molecule has 29 heavy (non-hydrogen) atoms. The molecule has 0 unspecified atom stereocenters. The van der Waals surface area contributed by atoms with Crippen LogP contribution >= 0.6 is 11.6 Å². The normalized spacial score (nSPS) is 17.5. The first kappa shape index (κ1) is 21.7. The van der Waals surface area contributed by atoms with E-state index in [0.717, 1.165) is 11.0 Å². The summed E-state index contributed by atoms with van der Waals surface area (Å²) in [6.07, 6.45) is 1.20. The van der Waals surface area contributed by atoms with Gasteiger partial charge in [0.1, 0.15) is 0 Å². The van der Waals surface area contributed by atoms with Crippen molar-refractivity contribution in [3.8, 4) is 0 Å². The van der Waals surface area contributed by atoms with Crippen molar-refractivity contribution in [1.82, 2.24) is 20.2 Å². The molecular weight excluding hydrogens is 394 g/mol. The van der Waals surface area contributed by atoms with Crippen LogP contribution in [0.1, 0.15) is 46.0 Å².